The molecule has 0 saturated carbocycles. The Hall–Kier alpha value is -1.02. The van der Waals surface area contributed by atoms with Gasteiger partial charge in [-0.2, -0.15) is 0 Å². The van der Waals surface area contributed by atoms with Crippen molar-refractivity contribution in [1.82, 2.24) is 0 Å². The van der Waals surface area contributed by atoms with Crippen LogP contribution in [0.15, 0.2) is 18.2 Å². The third kappa shape index (κ3) is 3.56. The summed E-state index contributed by atoms with van der Waals surface area (Å²) in [5.74, 6) is 0.740. The van der Waals surface area contributed by atoms with Crippen LogP contribution in [0.3, 0.4) is 0 Å². The maximum absolute atomic E-state index is 5.81. The first-order chi connectivity index (χ1) is 7.17. The maximum atomic E-state index is 5.81. The molecule has 0 amide bonds. The molecule has 0 heterocycles. The molecular weight excluding hydrogens is 184 g/mol. The van der Waals surface area contributed by atoms with Gasteiger partial charge in [-0.05, 0) is 29.5 Å². The lowest BCUT2D eigenvalue weighted by molar-refractivity contribution is 0.522. The average molecular weight is 206 g/mol. The topological polar surface area (TPSA) is 52.0 Å². The van der Waals surface area contributed by atoms with Crippen molar-refractivity contribution >= 4 is 5.69 Å². The van der Waals surface area contributed by atoms with Gasteiger partial charge in [0.1, 0.15) is 0 Å². The second-order valence-corrected chi connectivity index (χ2v) is 4.34. The molecule has 1 aromatic carbocycles. The number of nitrogen functional groups attached to an aromatic ring is 1. The molecular formula is C13H22N2. The maximum Gasteiger partial charge on any atom is 0.0359 e. The standard InChI is InChI=1S/C13H22N2/c1-3-4-10(2)7-11-5-6-13(15)12(8-11)9-14/h5-6,8,10H,3-4,7,9,14-15H2,1-2H3. The van der Waals surface area contributed by atoms with Crippen LogP contribution in [0, 0.1) is 5.92 Å². The van der Waals surface area contributed by atoms with E-state index >= 15 is 0 Å². The Morgan fingerprint density at radius 2 is 2.07 bits per heavy atom. The van der Waals surface area contributed by atoms with Gasteiger partial charge < -0.3 is 11.5 Å². The van der Waals surface area contributed by atoms with Gasteiger partial charge in [0.2, 0.25) is 0 Å². The van der Waals surface area contributed by atoms with E-state index in [2.05, 4.69) is 26.0 Å². The fraction of sp³-hybridized carbons (Fsp3) is 0.538. The zero-order valence-corrected chi connectivity index (χ0v) is 9.79. The van der Waals surface area contributed by atoms with Crippen LogP contribution in [0.25, 0.3) is 0 Å². The van der Waals surface area contributed by atoms with Gasteiger partial charge in [-0.1, -0.05) is 38.8 Å². The van der Waals surface area contributed by atoms with E-state index < -0.39 is 0 Å². The third-order valence-corrected chi connectivity index (χ3v) is 2.79. The van der Waals surface area contributed by atoms with Crippen molar-refractivity contribution in [3.63, 3.8) is 0 Å². The lowest BCUT2D eigenvalue weighted by Gasteiger charge is -2.12. The number of benzene rings is 1. The molecule has 0 aliphatic heterocycles. The van der Waals surface area contributed by atoms with Crippen molar-refractivity contribution in [2.75, 3.05) is 5.73 Å². The van der Waals surface area contributed by atoms with Gasteiger partial charge in [0.15, 0.2) is 0 Å². The summed E-state index contributed by atoms with van der Waals surface area (Å²) in [6.45, 7) is 5.05. The van der Waals surface area contributed by atoms with Crippen molar-refractivity contribution in [3.8, 4) is 0 Å². The summed E-state index contributed by atoms with van der Waals surface area (Å²) >= 11 is 0. The highest BCUT2D eigenvalue weighted by Crippen LogP contribution is 2.18. The van der Waals surface area contributed by atoms with E-state index in [9.17, 15) is 0 Å². The average Bonchev–Trinajstić information content (AvgIpc) is 2.21. The van der Waals surface area contributed by atoms with E-state index in [4.69, 9.17) is 11.5 Å². The Balaban J connectivity index is 2.69. The van der Waals surface area contributed by atoms with Gasteiger partial charge in [0, 0.05) is 12.2 Å². The van der Waals surface area contributed by atoms with Gasteiger partial charge in [0.25, 0.3) is 0 Å². The molecule has 1 unspecified atom stereocenters. The van der Waals surface area contributed by atoms with Crippen molar-refractivity contribution in [3.05, 3.63) is 29.3 Å². The van der Waals surface area contributed by atoms with Crippen molar-refractivity contribution in [2.24, 2.45) is 11.7 Å². The smallest absolute Gasteiger partial charge is 0.0359 e. The van der Waals surface area contributed by atoms with Crippen molar-refractivity contribution < 1.29 is 0 Å². The summed E-state index contributed by atoms with van der Waals surface area (Å²) in [6, 6.07) is 6.22. The monoisotopic (exact) mass is 206 g/mol. The lowest BCUT2D eigenvalue weighted by Crippen LogP contribution is -2.04. The van der Waals surface area contributed by atoms with Crippen LogP contribution >= 0.6 is 0 Å². The molecule has 2 nitrogen and oxygen atoms in total. The zero-order valence-electron chi connectivity index (χ0n) is 9.79. The lowest BCUT2D eigenvalue weighted by atomic mass is 9.95. The number of rotatable bonds is 5. The SMILES string of the molecule is CCCC(C)Cc1ccc(N)c(CN)c1. The first-order valence-corrected chi connectivity index (χ1v) is 5.74. The van der Waals surface area contributed by atoms with E-state index in [1.54, 1.807) is 0 Å². The van der Waals surface area contributed by atoms with Gasteiger partial charge >= 0.3 is 0 Å². The van der Waals surface area contributed by atoms with E-state index in [-0.39, 0.29) is 0 Å². The molecule has 2 heteroatoms. The number of nitrogens with two attached hydrogens (primary N) is 2. The largest absolute Gasteiger partial charge is 0.398 e. The van der Waals surface area contributed by atoms with Crippen LogP contribution in [0.2, 0.25) is 0 Å². The number of anilines is 1. The first-order valence-electron chi connectivity index (χ1n) is 5.74. The van der Waals surface area contributed by atoms with Gasteiger partial charge in [0.05, 0.1) is 0 Å². The van der Waals surface area contributed by atoms with Crippen molar-refractivity contribution in [1.29, 1.82) is 0 Å². The normalized spacial score (nSPS) is 12.7. The molecule has 0 aliphatic carbocycles. The van der Waals surface area contributed by atoms with Crippen LogP contribution in [0.5, 0.6) is 0 Å². The highest BCUT2D eigenvalue weighted by Gasteiger charge is 2.04. The summed E-state index contributed by atoms with van der Waals surface area (Å²) < 4.78 is 0. The molecule has 0 saturated heterocycles. The highest BCUT2D eigenvalue weighted by atomic mass is 14.6. The van der Waals surface area contributed by atoms with E-state index in [0.29, 0.717) is 6.54 Å². The molecule has 15 heavy (non-hydrogen) atoms. The number of hydrogen-bond acceptors (Lipinski definition) is 2. The summed E-state index contributed by atoms with van der Waals surface area (Å²) in [7, 11) is 0. The van der Waals surface area contributed by atoms with E-state index in [1.165, 1.54) is 18.4 Å². The Kier molecular flexibility index (Phi) is 4.63. The van der Waals surface area contributed by atoms with Crippen LogP contribution in [-0.2, 0) is 13.0 Å². The highest BCUT2D eigenvalue weighted by molar-refractivity contribution is 5.48. The molecule has 1 aromatic rings. The first kappa shape index (κ1) is 12.1. The second kappa shape index (κ2) is 5.76. The quantitative estimate of drug-likeness (QED) is 0.728. The molecule has 0 aromatic heterocycles. The van der Waals surface area contributed by atoms with Crippen LogP contribution in [0.4, 0.5) is 5.69 Å². The van der Waals surface area contributed by atoms with Gasteiger partial charge in [-0.3, -0.25) is 0 Å². The Labute approximate surface area is 92.7 Å². The minimum atomic E-state index is 0.530. The van der Waals surface area contributed by atoms with Crippen LogP contribution in [0.1, 0.15) is 37.8 Å². The van der Waals surface area contributed by atoms with Gasteiger partial charge in [-0.25, -0.2) is 0 Å². The fourth-order valence-electron chi connectivity index (χ4n) is 1.96. The number of hydrogen-bond donors (Lipinski definition) is 2. The molecule has 0 radical (unpaired) electrons. The minimum Gasteiger partial charge on any atom is -0.398 e. The van der Waals surface area contributed by atoms with Gasteiger partial charge in [-0.15, -0.1) is 0 Å². The molecule has 84 valence electrons. The second-order valence-electron chi connectivity index (χ2n) is 4.34. The zero-order chi connectivity index (χ0) is 11.3. The summed E-state index contributed by atoms with van der Waals surface area (Å²) in [5, 5.41) is 0. The summed E-state index contributed by atoms with van der Waals surface area (Å²) in [6.07, 6.45) is 3.66. The molecule has 0 spiro atoms. The third-order valence-electron chi connectivity index (χ3n) is 2.79. The molecule has 1 atom stereocenters. The Bertz CT molecular complexity index is 307. The fourth-order valence-corrected chi connectivity index (χ4v) is 1.96. The summed E-state index contributed by atoms with van der Waals surface area (Å²) in [4.78, 5) is 0. The summed E-state index contributed by atoms with van der Waals surface area (Å²) in [5.41, 5.74) is 14.7. The molecule has 0 fully saturated rings. The molecule has 0 aliphatic rings. The van der Waals surface area contributed by atoms with E-state index in [1.807, 2.05) is 6.07 Å². The minimum absolute atomic E-state index is 0.530. The van der Waals surface area contributed by atoms with E-state index in [0.717, 1.165) is 23.6 Å². The predicted octanol–water partition coefficient (Wildman–Crippen LogP) is 2.71. The predicted molar refractivity (Wildman–Crippen MR) is 66.5 cm³/mol. The van der Waals surface area contributed by atoms with Crippen LogP contribution < -0.4 is 11.5 Å². The van der Waals surface area contributed by atoms with Crippen LogP contribution in [-0.4, -0.2) is 0 Å². The van der Waals surface area contributed by atoms with Crippen molar-refractivity contribution in [2.45, 2.75) is 39.7 Å². The Morgan fingerprint density at radius 1 is 1.33 bits per heavy atom. The molecule has 4 N–H and O–H groups in total. The molecule has 1 rings (SSSR count). The Morgan fingerprint density at radius 3 is 2.67 bits per heavy atom. The molecule has 0 bridgehead atoms.